The Bertz CT molecular complexity index is 1170. The van der Waals surface area contributed by atoms with Gasteiger partial charge in [-0.05, 0) is 67.3 Å². The molecule has 2 amide bonds. The lowest BCUT2D eigenvalue weighted by Gasteiger charge is -2.32. The molecule has 0 unspecified atom stereocenters. The molecule has 0 fully saturated rings. The van der Waals surface area contributed by atoms with Crippen molar-refractivity contribution in [3.63, 3.8) is 0 Å². The van der Waals surface area contributed by atoms with Crippen LogP contribution in [0, 0.1) is 0 Å². The van der Waals surface area contributed by atoms with Gasteiger partial charge in [0.15, 0.2) is 0 Å². The maximum atomic E-state index is 13.7. The smallest absolute Gasteiger partial charge is 0.243 e. The van der Waals surface area contributed by atoms with Crippen LogP contribution in [0.25, 0.3) is 0 Å². The van der Waals surface area contributed by atoms with Crippen molar-refractivity contribution >= 4 is 11.8 Å². The number of carbonyl (C=O) groups excluding carboxylic acids is 2. The van der Waals surface area contributed by atoms with E-state index in [0.29, 0.717) is 37.5 Å². The Morgan fingerprint density at radius 1 is 0.846 bits per heavy atom. The highest BCUT2D eigenvalue weighted by atomic mass is 16.5. The Labute approximate surface area is 232 Å². The van der Waals surface area contributed by atoms with E-state index >= 15 is 0 Å². The van der Waals surface area contributed by atoms with Crippen LogP contribution in [0.15, 0.2) is 78.9 Å². The number of amides is 2. The molecule has 0 heterocycles. The molecule has 3 aromatic rings. The number of carbonyl (C=O) groups is 2. The van der Waals surface area contributed by atoms with Crippen LogP contribution in [0.1, 0.15) is 44.2 Å². The Balaban J connectivity index is 1.80. The van der Waals surface area contributed by atoms with Crippen molar-refractivity contribution in [3.8, 4) is 17.2 Å². The normalized spacial score (nSPS) is 12.2. The summed E-state index contributed by atoms with van der Waals surface area (Å²) in [6.07, 6.45) is 1.99. The van der Waals surface area contributed by atoms with Crippen LogP contribution in [-0.2, 0) is 22.6 Å². The Morgan fingerprint density at radius 3 is 2.18 bits per heavy atom. The minimum atomic E-state index is -0.664. The molecule has 39 heavy (non-hydrogen) atoms. The molecule has 0 radical (unpaired) electrons. The molecule has 208 valence electrons. The summed E-state index contributed by atoms with van der Waals surface area (Å²) in [6.45, 7) is 4.68. The zero-order chi connectivity index (χ0) is 28.0. The average molecular weight is 533 g/mol. The van der Waals surface area contributed by atoms with Gasteiger partial charge in [0, 0.05) is 25.4 Å². The van der Waals surface area contributed by atoms with Crippen molar-refractivity contribution in [2.45, 2.75) is 58.2 Å². The van der Waals surface area contributed by atoms with Gasteiger partial charge < -0.3 is 24.4 Å². The summed E-state index contributed by atoms with van der Waals surface area (Å²) < 4.78 is 16.4. The van der Waals surface area contributed by atoms with E-state index < -0.39 is 6.04 Å². The molecule has 0 saturated carbocycles. The highest BCUT2D eigenvalue weighted by Gasteiger charge is 2.30. The maximum absolute atomic E-state index is 13.7. The molecule has 3 aromatic carbocycles. The molecule has 1 N–H and O–H groups in total. The number of nitrogens with one attached hydrogen (secondary N) is 1. The molecule has 2 atom stereocenters. The molecule has 0 aromatic heterocycles. The summed E-state index contributed by atoms with van der Waals surface area (Å²) in [6, 6.07) is 24.1. The van der Waals surface area contributed by atoms with Gasteiger partial charge in [0.2, 0.25) is 11.8 Å². The first-order chi connectivity index (χ1) is 18.9. The summed E-state index contributed by atoms with van der Waals surface area (Å²) >= 11 is 0. The predicted octanol–water partition coefficient (Wildman–Crippen LogP) is 5.42. The number of ether oxygens (including phenoxy) is 3. The standard InChI is InChI=1S/C32H40N2O5/c1-5-24(2)33-32(36)30(22-25-11-7-6-8-12-25)34(23-26-13-9-14-29(21-26)38-4)31(35)15-10-20-39-28-18-16-27(37-3)17-19-28/h6-9,11-14,16-19,21,24,30H,5,10,15,20,22-23H2,1-4H3,(H,33,36)/t24-,30+/m1/s1. The van der Waals surface area contributed by atoms with Crippen molar-refractivity contribution in [1.82, 2.24) is 10.2 Å². The third-order valence-electron chi connectivity index (χ3n) is 6.62. The summed E-state index contributed by atoms with van der Waals surface area (Å²) in [7, 11) is 3.23. The van der Waals surface area contributed by atoms with Crippen LogP contribution in [0.2, 0.25) is 0 Å². The van der Waals surface area contributed by atoms with E-state index in [0.717, 1.165) is 23.3 Å². The molecule has 0 aliphatic carbocycles. The number of hydrogen-bond donors (Lipinski definition) is 1. The van der Waals surface area contributed by atoms with Gasteiger partial charge in [0.25, 0.3) is 0 Å². The van der Waals surface area contributed by atoms with Gasteiger partial charge in [-0.2, -0.15) is 0 Å². The summed E-state index contributed by atoms with van der Waals surface area (Å²) in [4.78, 5) is 29.0. The number of methoxy groups -OCH3 is 2. The number of hydrogen-bond acceptors (Lipinski definition) is 5. The van der Waals surface area contributed by atoms with Crippen LogP contribution in [0.3, 0.4) is 0 Å². The highest BCUT2D eigenvalue weighted by molar-refractivity contribution is 5.88. The molecule has 0 saturated heterocycles. The fourth-order valence-electron chi connectivity index (χ4n) is 4.19. The minimum absolute atomic E-state index is 0.00226. The maximum Gasteiger partial charge on any atom is 0.243 e. The molecule has 7 nitrogen and oxygen atoms in total. The third kappa shape index (κ3) is 9.36. The van der Waals surface area contributed by atoms with Gasteiger partial charge in [-0.3, -0.25) is 9.59 Å². The van der Waals surface area contributed by atoms with E-state index in [1.165, 1.54) is 0 Å². The monoisotopic (exact) mass is 532 g/mol. The minimum Gasteiger partial charge on any atom is -0.497 e. The molecule has 0 aliphatic rings. The average Bonchev–Trinajstić information content (AvgIpc) is 2.97. The molecular formula is C32H40N2O5. The van der Waals surface area contributed by atoms with Crippen LogP contribution < -0.4 is 19.5 Å². The Morgan fingerprint density at radius 2 is 1.51 bits per heavy atom. The van der Waals surface area contributed by atoms with Crippen LogP contribution in [0.4, 0.5) is 0 Å². The second-order valence-corrected chi connectivity index (χ2v) is 9.52. The van der Waals surface area contributed by atoms with Gasteiger partial charge in [-0.15, -0.1) is 0 Å². The summed E-state index contributed by atoms with van der Waals surface area (Å²) in [5.74, 6) is 1.92. The van der Waals surface area contributed by atoms with Crippen molar-refractivity contribution in [1.29, 1.82) is 0 Å². The van der Waals surface area contributed by atoms with Gasteiger partial charge in [0.1, 0.15) is 23.3 Å². The predicted molar refractivity (Wildman–Crippen MR) is 153 cm³/mol. The number of benzene rings is 3. The summed E-state index contributed by atoms with van der Waals surface area (Å²) in [5, 5.41) is 3.10. The van der Waals surface area contributed by atoms with Crippen LogP contribution in [0.5, 0.6) is 17.2 Å². The topological polar surface area (TPSA) is 77.1 Å². The van der Waals surface area contributed by atoms with Crippen molar-refractivity contribution in [2.75, 3.05) is 20.8 Å². The quantitative estimate of drug-likeness (QED) is 0.265. The van der Waals surface area contributed by atoms with Gasteiger partial charge in [-0.25, -0.2) is 0 Å². The van der Waals surface area contributed by atoms with Crippen molar-refractivity contribution < 1.29 is 23.8 Å². The van der Waals surface area contributed by atoms with E-state index in [2.05, 4.69) is 5.32 Å². The van der Waals surface area contributed by atoms with Crippen LogP contribution >= 0.6 is 0 Å². The first-order valence-electron chi connectivity index (χ1n) is 13.5. The molecule has 0 bridgehead atoms. The third-order valence-corrected chi connectivity index (χ3v) is 6.62. The summed E-state index contributed by atoms with van der Waals surface area (Å²) in [5.41, 5.74) is 1.89. The highest BCUT2D eigenvalue weighted by Crippen LogP contribution is 2.21. The van der Waals surface area contributed by atoms with Crippen LogP contribution in [-0.4, -0.2) is 49.6 Å². The lowest BCUT2D eigenvalue weighted by molar-refractivity contribution is -0.141. The zero-order valence-corrected chi connectivity index (χ0v) is 23.4. The SMILES string of the molecule is CC[C@@H](C)NC(=O)[C@H](Cc1ccccc1)N(Cc1cccc(OC)c1)C(=O)CCCOc1ccc(OC)cc1. The first-order valence-corrected chi connectivity index (χ1v) is 13.5. The number of nitrogens with zero attached hydrogens (tertiary/aromatic N) is 1. The molecule has 0 aliphatic heterocycles. The van der Waals surface area contributed by atoms with Crippen molar-refractivity contribution in [2.24, 2.45) is 0 Å². The Hall–Kier alpha value is -4.00. The second kappa shape index (κ2) is 15.4. The van der Waals surface area contributed by atoms with E-state index in [1.807, 2.05) is 92.7 Å². The second-order valence-electron chi connectivity index (χ2n) is 9.52. The van der Waals surface area contributed by atoms with E-state index in [4.69, 9.17) is 14.2 Å². The van der Waals surface area contributed by atoms with Gasteiger partial charge >= 0.3 is 0 Å². The fraction of sp³-hybridized carbons (Fsp3) is 0.375. The van der Waals surface area contributed by atoms with E-state index in [-0.39, 0.29) is 24.3 Å². The fourth-order valence-corrected chi connectivity index (χ4v) is 4.19. The zero-order valence-electron chi connectivity index (χ0n) is 23.4. The lowest BCUT2D eigenvalue weighted by atomic mass is 10.0. The molecule has 0 spiro atoms. The molecule has 7 heteroatoms. The van der Waals surface area contributed by atoms with Crippen molar-refractivity contribution in [3.05, 3.63) is 90.0 Å². The van der Waals surface area contributed by atoms with Gasteiger partial charge in [-0.1, -0.05) is 49.4 Å². The lowest BCUT2D eigenvalue weighted by Crippen LogP contribution is -2.52. The first kappa shape index (κ1) is 29.6. The largest absolute Gasteiger partial charge is 0.497 e. The molecule has 3 rings (SSSR count). The van der Waals surface area contributed by atoms with Gasteiger partial charge in [0.05, 0.1) is 20.8 Å². The van der Waals surface area contributed by atoms with E-state index in [9.17, 15) is 9.59 Å². The molecular weight excluding hydrogens is 492 g/mol. The Kier molecular flexibility index (Phi) is 11.7. The number of rotatable bonds is 15. The van der Waals surface area contributed by atoms with E-state index in [1.54, 1.807) is 19.1 Å².